The van der Waals surface area contributed by atoms with Crippen LogP contribution in [0.3, 0.4) is 0 Å². The van der Waals surface area contributed by atoms with Gasteiger partial charge in [0, 0.05) is 0 Å². The summed E-state index contributed by atoms with van der Waals surface area (Å²) < 4.78 is 0. The van der Waals surface area contributed by atoms with Gasteiger partial charge in [0.2, 0.25) is 0 Å². The van der Waals surface area contributed by atoms with E-state index in [1.54, 1.807) is 0 Å². The summed E-state index contributed by atoms with van der Waals surface area (Å²) in [7, 11) is 0. The molecule has 12 heavy (non-hydrogen) atoms. The third-order valence-corrected chi connectivity index (χ3v) is 1.58. The van der Waals surface area contributed by atoms with Gasteiger partial charge in [-0.2, -0.15) is 0 Å². The molecule has 0 aliphatic carbocycles. The first-order chi connectivity index (χ1) is 5.65. The van der Waals surface area contributed by atoms with Crippen LogP contribution in [-0.2, 0) is 0 Å². The maximum Gasteiger partial charge on any atom is 0.156 e. The summed E-state index contributed by atoms with van der Waals surface area (Å²) in [5, 5.41) is 14.3. The molecule has 0 radical (unpaired) electrons. The molecule has 0 aromatic heterocycles. The lowest BCUT2D eigenvalue weighted by Gasteiger charge is -2.17. The van der Waals surface area contributed by atoms with Gasteiger partial charge in [-0.3, -0.25) is 5.32 Å². The first-order valence-electron chi connectivity index (χ1n) is 3.85. The summed E-state index contributed by atoms with van der Waals surface area (Å²) in [6, 6.07) is -0.226. The van der Waals surface area contributed by atoms with Crippen LogP contribution in [0.4, 0.5) is 0 Å². The van der Waals surface area contributed by atoms with E-state index in [4.69, 9.17) is 17.4 Å². The normalized spacial score (nSPS) is 16.6. The highest BCUT2D eigenvalue weighted by Crippen LogP contribution is 1.93. The van der Waals surface area contributed by atoms with Crippen molar-refractivity contribution < 1.29 is 5.21 Å². The SMILES string of the molecule is C#CC(C)NC(CC)C(N)=NO. The van der Waals surface area contributed by atoms with Crippen LogP contribution in [0, 0.1) is 12.3 Å². The van der Waals surface area contributed by atoms with Gasteiger partial charge in [0.15, 0.2) is 5.84 Å². The second-order valence-corrected chi connectivity index (χ2v) is 2.54. The molecular formula is C8H15N3O. The van der Waals surface area contributed by atoms with Crippen LogP contribution in [-0.4, -0.2) is 23.1 Å². The van der Waals surface area contributed by atoms with Crippen LogP contribution in [0.2, 0.25) is 0 Å². The molecule has 0 saturated carbocycles. The quantitative estimate of drug-likeness (QED) is 0.184. The van der Waals surface area contributed by atoms with Gasteiger partial charge in [-0.15, -0.1) is 6.42 Å². The van der Waals surface area contributed by atoms with Crippen molar-refractivity contribution in [3.05, 3.63) is 0 Å². The van der Waals surface area contributed by atoms with E-state index < -0.39 is 0 Å². The van der Waals surface area contributed by atoms with Crippen molar-refractivity contribution >= 4 is 5.84 Å². The maximum absolute atomic E-state index is 8.39. The van der Waals surface area contributed by atoms with E-state index >= 15 is 0 Å². The summed E-state index contributed by atoms with van der Waals surface area (Å²) in [6.07, 6.45) is 5.90. The molecule has 2 atom stereocenters. The van der Waals surface area contributed by atoms with E-state index in [2.05, 4.69) is 16.4 Å². The number of hydrogen-bond acceptors (Lipinski definition) is 3. The molecule has 0 aromatic rings. The van der Waals surface area contributed by atoms with Crippen LogP contribution in [0.1, 0.15) is 20.3 Å². The minimum Gasteiger partial charge on any atom is -0.409 e. The summed E-state index contributed by atoms with van der Waals surface area (Å²) in [5.74, 6) is 2.67. The van der Waals surface area contributed by atoms with E-state index in [0.717, 1.165) is 6.42 Å². The Kier molecular flexibility index (Phi) is 4.89. The molecule has 0 aliphatic heterocycles. The lowest BCUT2D eigenvalue weighted by molar-refractivity contribution is 0.314. The smallest absolute Gasteiger partial charge is 0.156 e. The van der Waals surface area contributed by atoms with E-state index in [9.17, 15) is 0 Å². The molecule has 0 bridgehead atoms. The molecule has 68 valence electrons. The van der Waals surface area contributed by atoms with Crippen molar-refractivity contribution in [2.75, 3.05) is 0 Å². The molecule has 0 rings (SSSR count). The average Bonchev–Trinajstić information content (AvgIpc) is 2.12. The Hall–Kier alpha value is -1.21. The zero-order valence-corrected chi connectivity index (χ0v) is 7.41. The van der Waals surface area contributed by atoms with Crippen LogP contribution < -0.4 is 11.1 Å². The monoisotopic (exact) mass is 169 g/mol. The summed E-state index contributed by atoms with van der Waals surface area (Å²) in [4.78, 5) is 0. The highest BCUT2D eigenvalue weighted by atomic mass is 16.4. The number of nitrogens with two attached hydrogens (primary N) is 1. The minimum atomic E-state index is -0.152. The standard InChI is InChI=1S/C8H15N3O/c1-4-6(3)10-7(5-2)8(9)11-12/h1,6-7,10,12H,5H2,2-3H3,(H2,9,11). The van der Waals surface area contributed by atoms with Crippen molar-refractivity contribution in [2.24, 2.45) is 10.9 Å². The topological polar surface area (TPSA) is 70.6 Å². The number of nitrogens with one attached hydrogen (secondary N) is 1. The van der Waals surface area contributed by atoms with Gasteiger partial charge in [-0.1, -0.05) is 18.0 Å². The number of nitrogens with zero attached hydrogens (tertiary/aromatic N) is 1. The lowest BCUT2D eigenvalue weighted by atomic mass is 10.2. The number of hydrogen-bond donors (Lipinski definition) is 3. The number of amidine groups is 1. The summed E-state index contributed by atoms with van der Waals surface area (Å²) in [5.41, 5.74) is 5.40. The second kappa shape index (κ2) is 5.44. The van der Waals surface area contributed by atoms with Crippen LogP contribution in [0.25, 0.3) is 0 Å². The van der Waals surface area contributed by atoms with Gasteiger partial charge in [-0.25, -0.2) is 0 Å². The van der Waals surface area contributed by atoms with Crippen molar-refractivity contribution in [2.45, 2.75) is 32.4 Å². The van der Waals surface area contributed by atoms with E-state index in [1.807, 2.05) is 13.8 Å². The molecule has 0 aromatic carbocycles. The molecule has 0 saturated heterocycles. The molecule has 0 amide bonds. The molecule has 0 heterocycles. The van der Waals surface area contributed by atoms with Crippen molar-refractivity contribution in [3.8, 4) is 12.3 Å². The zero-order valence-electron chi connectivity index (χ0n) is 7.41. The molecule has 4 nitrogen and oxygen atoms in total. The minimum absolute atomic E-state index is 0.0738. The fraction of sp³-hybridized carbons (Fsp3) is 0.625. The first kappa shape index (κ1) is 10.8. The Labute approximate surface area is 72.8 Å². The predicted octanol–water partition coefficient (Wildman–Crippen LogP) is 0.123. The lowest BCUT2D eigenvalue weighted by Crippen LogP contribution is -2.44. The average molecular weight is 169 g/mol. The molecule has 4 heteroatoms. The number of rotatable bonds is 4. The number of oxime groups is 1. The molecule has 2 unspecified atom stereocenters. The van der Waals surface area contributed by atoms with E-state index in [0.29, 0.717) is 0 Å². The highest BCUT2D eigenvalue weighted by molar-refractivity contribution is 5.85. The van der Waals surface area contributed by atoms with Gasteiger partial charge in [0.1, 0.15) is 0 Å². The Morgan fingerprint density at radius 1 is 1.83 bits per heavy atom. The number of terminal acetylenes is 1. The Morgan fingerprint density at radius 2 is 2.42 bits per heavy atom. The summed E-state index contributed by atoms with van der Waals surface area (Å²) in [6.45, 7) is 3.77. The Bertz CT molecular complexity index is 195. The third kappa shape index (κ3) is 3.26. The van der Waals surface area contributed by atoms with Gasteiger partial charge in [0.05, 0.1) is 12.1 Å². The molecular weight excluding hydrogens is 154 g/mol. The van der Waals surface area contributed by atoms with Crippen molar-refractivity contribution in [1.29, 1.82) is 0 Å². The van der Waals surface area contributed by atoms with Crippen molar-refractivity contribution in [3.63, 3.8) is 0 Å². The fourth-order valence-corrected chi connectivity index (χ4v) is 0.832. The second-order valence-electron chi connectivity index (χ2n) is 2.54. The fourth-order valence-electron chi connectivity index (χ4n) is 0.832. The summed E-state index contributed by atoms with van der Waals surface area (Å²) >= 11 is 0. The molecule has 0 spiro atoms. The third-order valence-electron chi connectivity index (χ3n) is 1.58. The molecule has 0 fully saturated rings. The van der Waals surface area contributed by atoms with E-state index in [-0.39, 0.29) is 17.9 Å². The van der Waals surface area contributed by atoms with Gasteiger partial charge in [0.25, 0.3) is 0 Å². The van der Waals surface area contributed by atoms with E-state index in [1.165, 1.54) is 0 Å². The maximum atomic E-state index is 8.39. The Balaban J connectivity index is 4.11. The highest BCUT2D eigenvalue weighted by Gasteiger charge is 2.12. The zero-order chi connectivity index (χ0) is 9.56. The Morgan fingerprint density at radius 3 is 2.75 bits per heavy atom. The predicted molar refractivity (Wildman–Crippen MR) is 48.9 cm³/mol. The van der Waals surface area contributed by atoms with Crippen LogP contribution in [0.15, 0.2) is 5.16 Å². The first-order valence-corrected chi connectivity index (χ1v) is 3.85. The van der Waals surface area contributed by atoms with Gasteiger partial charge in [-0.05, 0) is 13.3 Å². The van der Waals surface area contributed by atoms with Gasteiger partial charge >= 0.3 is 0 Å². The molecule has 0 aliphatic rings. The van der Waals surface area contributed by atoms with Crippen LogP contribution >= 0.6 is 0 Å². The largest absolute Gasteiger partial charge is 0.409 e. The van der Waals surface area contributed by atoms with Gasteiger partial charge < -0.3 is 10.9 Å². The molecule has 4 N–H and O–H groups in total. The van der Waals surface area contributed by atoms with Crippen LogP contribution in [0.5, 0.6) is 0 Å². The van der Waals surface area contributed by atoms with Crippen molar-refractivity contribution in [1.82, 2.24) is 5.32 Å².